The summed E-state index contributed by atoms with van der Waals surface area (Å²) in [5, 5.41) is 17.2. The van der Waals surface area contributed by atoms with E-state index in [-0.39, 0.29) is 13.2 Å². The van der Waals surface area contributed by atoms with Gasteiger partial charge in [-0.2, -0.15) is 5.26 Å². The minimum absolute atomic E-state index is 0.0244. The van der Waals surface area contributed by atoms with Crippen molar-refractivity contribution in [1.29, 1.82) is 5.26 Å². The van der Waals surface area contributed by atoms with Crippen LogP contribution in [-0.2, 0) is 4.74 Å². The summed E-state index contributed by atoms with van der Waals surface area (Å²) < 4.78 is 5.22. The number of aliphatic hydroxyl groups is 1. The van der Waals surface area contributed by atoms with E-state index in [2.05, 4.69) is 6.07 Å². The fourth-order valence-electron chi connectivity index (χ4n) is 1.11. The number of nitrogens with zero attached hydrogens (tertiary/aromatic N) is 1. The molecule has 60 valence electrons. The molecule has 1 rings (SSSR count). The van der Waals surface area contributed by atoms with Crippen LogP contribution in [0.3, 0.4) is 0 Å². The molecule has 0 amide bonds. The third-order valence-corrected chi connectivity index (χ3v) is 1.74. The van der Waals surface area contributed by atoms with Crippen LogP contribution in [0.15, 0.2) is 12.2 Å². The van der Waals surface area contributed by atoms with Crippen LogP contribution in [0.25, 0.3) is 0 Å². The van der Waals surface area contributed by atoms with Crippen molar-refractivity contribution in [2.45, 2.75) is 18.4 Å². The molecule has 0 spiro atoms. The zero-order valence-electron chi connectivity index (χ0n) is 6.29. The fraction of sp³-hybridized carbons (Fsp3) is 0.625. The van der Waals surface area contributed by atoms with E-state index in [0.29, 0.717) is 12.8 Å². The maximum Gasteiger partial charge on any atom is 0.161 e. The number of nitriles is 1. The first-order chi connectivity index (χ1) is 5.33. The zero-order chi connectivity index (χ0) is 8.16. The van der Waals surface area contributed by atoms with Crippen molar-refractivity contribution in [2.75, 3.05) is 13.2 Å². The van der Waals surface area contributed by atoms with E-state index < -0.39 is 5.60 Å². The Morgan fingerprint density at radius 1 is 1.55 bits per heavy atom. The first-order valence-corrected chi connectivity index (χ1v) is 3.64. The van der Waals surface area contributed by atoms with Gasteiger partial charge in [-0.1, -0.05) is 12.2 Å². The summed E-state index contributed by atoms with van der Waals surface area (Å²) in [7, 11) is 0. The topological polar surface area (TPSA) is 53.2 Å². The average Bonchev–Trinajstić information content (AvgIpc) is 2.50. The number of hydrogen-bond acceptors (Lipinski definition) is 3. The summed E-state index contributed by atoms with van der Waals surface area (Å²) in [5.41, 5.74) is -0.678. The number of aliphatic hydroxyl groups excluding tert-OH is 1. The third kappa shape index (κ3) is 1.79. The summed E-state index contributed by atoms with van der Waals surface area (Å²) in [5.74, 6) is 0. The standard InChI is InChI=1S/C8H11NO2/c9-7-8(11-6-5-10)3-1-2-4-8/h1-2,10H,3-6H2. The molecule has 11 heavy (non-hydrogen) atoms. The van der Waals surface area contributed by atoms with Crippen LogP contribution >= 0.6 is 0 Å². The van der Waals surface area contributed by atoms with E-state index in [9.17, 15) is 0 Å². The molecule has 0 fully saturated rings. The Labute approximate surface area is 65.9 Å². The Hall–Kier alpha value is -0.850. The fourth-order valence-corrected chi connectivity index (χ4v) is 1.11. The zero-order valence-corrected chi connectivity index (χ0v) is 6.29. The lowest BCUT2D eigenvalue weighted by molar-refractivity contribution is -0.0110. The highest BCUT2D eigenvalue weighted by Crippen LogP contribution is 2.26. The maximum atomic E-state index is 8.75. The molecule has 0 radical (unpaired) electrons. The van der Waals surface area contributed by atoms with E-state index in [1.54, 1.807) is 0 Å². The molecule has 0 aromatic carbocycles. The van der Waals surface area contributed by atoms with E-state index >= 15 is 0 Å². The van der Waals surface area contributed by atoms with Gasteiger partial charge in [0.05, 0.1) is 19.3 Å². The molecule has 0 heterocycles. The maximum absolute atomic E-state index is 8.75. The van der Waals surface area contributed by atoms with Gasteiger partial charge in [-0.05, 0) is 0 Å². The van der Waals surface area contributed by atoms with Gasteiger partial charge in [0.25, 0.3) is 0 Å². The summed E-state index contributed by atoms with van der Waals surface area (Å²) in [6.45, 7) is 0.221. The molecule has 3 nitrogen and oxygen atoms in total. The lowest BCUT2D eigenvalue weighted by Crippen LogP contribution is -2.28. The van der Waals surface area contributed by atoms with Crippen molar-refractivity contribution in [3.05, 3.63) is 12.2 Å². The predicted molar refractivity (Wildman–Crippen MR) is 39.8 cm³/mol. The highest BCUT2D eigenvalue weighted by atomic mass is 16.5. The molecule has 0 saturated carbocycles. The lowest BCUT2D eigenvalue weighted by atomic mass is 10.0. The lowest BCUT2D eigenvalue weighted by Gasteiger charge is -2.19. The SMILES string of the molecule is N#CC1(OCCO)CC=CC1. The van der Waals surface area contributed by atoms with Gasteiger partial charge >= 0.3 is 0 Å². The second-order valence-corrected chi connectivity index (χ2v) is 2.56. The molecule has 0 bridgehead atoms. The molecule has 1 aliphatic carbocycles. The molecule has 1 N–H and O–H groups in total. The van der Waals surface area contributed by atoms with Crippen LogP contribution in [-0.4, -0.2) is 23.9 Å². The Kier molecular flexibility index (Phi) is 2.64. The van der Waals surface area contributed by atoms with Crippen LogP contribution in [0, 0.1) is 11.3 Å². The molecule has 0 aromatic rings. The van der Waals surface area contributed by atoms with Crippen molar-refractivity contribution >= 4 is 0 Å². The molecule has 0 aromatic heterocycles. The van der Waals surface area contributed by atoms with Crippen LogP contribution < -0.4 is 0 Å². The second-order valence-electron chi connectivity index (χ2n) is 2.56. The molecule has 0 saturated heterocycles. The third-order valence-electron chi connectivity index (χ3n) is 1.74. The van der Waals surface area contributed by atoms with Gasteiger partial charge in [0, 0.05) is 12.8 Å². The number of hydrogen-bond donors (Lipinski definition) is 1. The molecule has 0 aliphatic heterocycles. The van der Waals surface area contributed by atoms with Gasteiger partial charge in [0.15, 0.2) is 5.60 Å². The van der Waals surface area contributed by atoms with Crippen LogP contribution in [0.2, 0.25) is 0 Å². The Morgan fingerprint density at radius 2 is 2.18 bits per heavy atom. The van der Waals surface area contributed by atoms with Crippen molar-refractivity contribution in [3.8, 4) is 6.07 Å². The summed E-state index contributed by atoms with van der Waals surface area (Å²) in [6.07, 6.45) is 5.15. The van der Waals surface area contributed by atoms with Crippen LogP contribution in [0.4, 0.5) is 0 Å². The van der Waals surface area contributed by atoms with Gasteiger partial charge < -0.3 is 9.84 Å². The minimum atomic E-state index is -0.678. The smallest absolute Gasteiger partial charge is 0.161 e. The average molecular weight is 153 g/mol. The monoisotopic (exact) mass is 153 g/mol. The van der Waals surface area contributed by atoms with Gasteiger partial charge in [-0.3, -0.25) is 0 Å². The predicted octanol–water partition coefficient (Wildman–Crippen LogP) is 0.608. The highest BCUT2D eigenvalue weighted by Gasteiger charge is 2.31. The second kappa shape index (κ2) is 3.51. The largest absolute Gasteiger partial charge is 0.394 e. The Morgan fingerprint density at radius 3 is 2.64 bits per heavy atom. The molecule has 3 heteroatoms. The van der Waals surface area contributed by atoms with Gasteiger partial charge in [-0.15, -0.1) is 0 Å². The summed E-state index contributed by atoms with van der Waals surface area (Å²) >= 11 is 0. The molecule has 1 aliphatic rings. The van der Waals surface area contributed by atoms with E-state index in [0.717, 1.165) is 0 Å². The van der Waals surface area contributed by atoms with Crippen molar-refractivity contribution in [3.63, 3.8) is 0 Å². The first-order valence-electron chi connectivity index (χ1n) is 3.64. The van der Waals surface area contributed by atoms with E-state index in [1.807, 2.05) is 12.2 Å². The van der Waals surface area contributed by atoms with E-state index in [4.69, 9.17) is 15.1 Å². The highest BCUT2D eigenvalue weighted by molar-refractivity contribution is 5.15. The first kappa shape index (κ1) is 8.25. The van der Waals surface area contributed by atoms with Crippen LogP contribution in [0.5, 0.6) is 0 Å². The summed E-state index contributed by atoms with van der Waals surface area (Å²) in [4.78, 5) is 0. The Balaban J connectivity index is 2.43. The van der Waals surface area contributed by atoms with Crippen molar-refractivity contribution in [1.82, 2.24) is 0 Å². The Bertz CT molecular complexity index is 185. The van der Waals surface area contributed by atoms with Crippen LogP contribution in [0.1, 0.15) is 12.8 Å². The van der Waals surface area contributed by atoms with E-state index in [1.165, 1.54) is 0 Å². The van der Waals surface area contributed by atoms with Gasteiger partial charge in [0.2, 0.25) is 0 Å². The van der Waals surface area contributed by atoms with Gasteiger partial charge in [-0.25, -0.2) is 0 Å². The number of ether oxygens (including phenoxy) is 1. The molecular weight excluding hydrogens is 142 g/mol. The number of rotatable bonds is 3. The summed E-state index contributed by atoms with van der Waals surface area (Å²) in [6, 6.07) is 2.12. The van der Waals surface area contributed by atoms with Gasteiger partial charge in [0.1, 0.15) is 0 Å². The quantitative estimate of drug-likeness (QED) is 0.604. The normalized spacial score (nSPS) is 20.0. The minimum Gasteiger partial charge on any atom is -0.394 e. The molecule has 0 unspecified atom stereocenters. The van der Waals surface area contributed by atoms with Crippen molar-refractivity contribution < 1.29 is 9.84 Å². The molecular formula is C8H11NO2. The molecule has 0 atom stereocenters. The van der Waals surface area contributed by atoms with Crippen molar-refractivity contribution in [2.24, 2.45) is 0 Å².